The summed E-state index contributed by atoms with van der Waals surface area (Å²) in [5, 5.41) is 2.57. The molecular weight excluding hydrogens is 228 g/mol. The van der Waals surface area contributed by atoms with Gasteiger partial charge in [-0.25, -0.2) is 0 Å². The monoisotopic (exact) mass is 244 g/mol. The van der Waals surface area contributed by atoms with Gasteiger partial charge in [-0.05, 0) is 40.5 Å². The standard InChI is InChI=1S/C19H16/c1-2-19(16-9-4-3-5-10-16)18-13-12-15-8-6-7-11-17(15)14-18/h2-14H,1H3/b19-2+. The molecule has 3 rings (SSSR count). The number of hydrogen-bond donors (Lipinski definition) is 0. The highest BCUT2D eigenvalue weighted by atomic mass is 14.1. The lowest BCUT2D eigenvalue weighted by Crippen LogP contribution is -1.87. The first-order chi connectivity index (χ1) is 9.38. The second kappa shape index (κ2) is 5.11. The molecule has 3 aromatic carbocycles. The fourth-order valence-electron chi connectivity index (χ4n) is 2.47. The van der Waals surface area contributed by atoms with Gasteiger partial charge in [0, 0.05) is 0 Å². The van der Waals surface area contributed by atoms with Gasteiger partial charge in [0.25, 0.3) is 0 Å². The minimum absolute atomic E-state index is 1.26. The van der Waals surface area contributed by atoms with Crippen molar-refractivity contribution < 1.29 is 0 Å². The Bertz CT molecular complexity index is 721. The van der Waals surface area contributed by atoms with E-state index in [1.54, 1.807) is 0 Å². The van der Waals surface area contributed by atoms with E-state index in [2.05, 4.69) is 85.8 Å². The molecule has 0 spiro atoms. The molecule has 0 radical (unpaired) electrons. The molecule has 92 valence electrons. The van der Waals surface area contributed by atoms with E-state index >= 15 is 0 Å². The van der Waals surface area contributed by atoms with Crippen molar-refractivity contribution in [2.24, 2.45) is 0 Å². The van der Waals surface area contributed by atoms with E-state index in [1.165, 1.54) is 27.5 Å². The Morgan fingerprint density at radius 3 is 2.11 bits per heavy atom. The first-order valence-corrected chi connectivity index (χ1v) is 6.59. The van der Waals surface area contributed by atoms with E-state index in [0.717, 1.165) is 0 Å². The summed E-state index contributed by atoms with van der Waals surface area (Å²) in [6.07, 6.45) is 2.18. The molecule has 3 aromatic rings. The lowest BCUT2D eigenvalue weighted by molar-refractivity contribution is 1.54. The summed E-state index contributed by atoms with van der Waals surface area (Å²) >= 11 is 0. The maximum absolute atomic E-state index is 2.26. The molecule has 0 aliphatic heterocycles. The van der Waals surface area contributed by atoms with Crippen molar-refractivity contribution in [3.8, 4) is 0 Å². The Balaban J connectivity index is 2.12. The second-order valence-electron chi connectivity index (χ2n) is 4.63. The van der Waals surface area contributed by atoms with E-state index in [-0.39, 0.29) is 0 Å². The molecule has 0 aliphatic rings. The van der Waals surface area contributed by atoms with Crippen molar-refractivity contribution in [1.82, 2.24) is 0 Å². The molecule has 0 aromatic heterocycles. The van der Waals surface area contributed by atoms with Crippen LogP contribution >= 0.6 is 0 Å². The molecule has 0 N–H and O–H groups in total. The largest absolute Gasteiger partial charge is 0.0792 e. The molecule has 0 atom stereocenters. The normalized spacial score (nSPS) is 11.7. The summed E-state index contributed by atoms with van der Waals surface area (Å²) < 4.78 is 0. The van der Waals surface area contributed by atoms with Gasteiger partial charge in [-0.2, -0.15) is 0 Å². The van der Waals surface area contributed by atoms with Crippen LogP contribution in [0, 0.1) is 0 Å². The Labute approximate surface area is 114 Å². The van der Waals surface area contributed by atoms with E-state index in [0.29, 0.717) is 0 Å². The van der Waals surface area contributed by atoms with Crippen molar-refractivity contribution in [2.75, 3.05) is 0 Å². The number of fused-ring (bicyclic) bond motifs is 1. The number of allylic oxidation sites excluding steroid dienone is 1. The van der Waals surface area contributed by atoms with Crippen molar-refractivity contribution in [2.45, 2.75) is 6.92 Å². The SMILES string of the molecule is C/C=C(\c1ccccc1)c1ccc2ccccc2c1. The first kappa shape index (κ1) is 11.7. The lowest BCUT2D eigenvalue weighted by atomic mass is 9.95. The van der Waals surface area contributed by atoms with Crippen molar-refractivity contribution in [3.63, 3.8) is 0 Å². The zero-order valence-corrected chi connectivity index (χ0v) is 11.0. The van der Waals surface area contributed by atoms with Crippen LogP contribution in [0.5, 0.6) is 0 Å². The van der Waals surface area contributed by atoms with Gasteiger partial charge in [0.15, 0.2) is 0 Å². The molecule has 0 saturated carbocycles. The van der Waals surface area contributed by atoms with Crippen LogP contribution in [0.3, 0.4) is 0 Å². The van der Waals surface area contributed by atoms with E-state index < -0.39 is 0 Å². The molecule has 0 fully saturated rings. The Morgan fingerprint density at radius 1 is 0.684 bits per heavy atom. The highest BCUT2D eigenvalue weighted by Crippen LogP contribution is 2.26. The van der Waals surface area contributed by atoms with Crippen LogP contribution in [-0.4, -0.2) is 0 Å². The predicted molar refractivity (Wildman–Crippen MR) is 83.1 cm³/mol. The summed E-state index contributed by atoms with van der Waals surface area (Å²) in [7, 11) is 0. The number of hydrogen-bond acceptors (Lipinski definition) is 0. The fraction of sp³-hybridized carbons (Fsp3) is 0.0526. The van der Waals surface area contributed by atoms with Gasteiger partial charge in [0.05, 0.1) is 0 Å². The van der Waals surface area contributed by atoms with Gasteiger partial charge >= 0.3 is 0 Å². The summed E-state index contributed by atoms with van der Waals surface area (Å²) in [5.41, 5.74) is 3.82. The molecule has 0 nitrogen and oxygen atoms in total. The third-order valence-corrected chi connectivity index (χ3v) is 3.43. The van der Waals surface area contributed by atoms with Crippen LogP contribution in [0.1, 0.15) is 18.1 Å². The van der Waals surface area contributed by atoms with E-state index in [9.17, 15) is 0 Å². The zero-order valence-electron chi connectivity index (χ0n) is 11.0. The maximum Gasteiger partial charge on any atom is -0.0154 e. The number of rotatable bonds is 2. The molecular formula is C19H16. The second-order valence-corrected chi connectivity index (χ2v) is 4.63. The van der Waals surface area contributed by atoms with Crippen LogP contribution in [0.25, 0.3) is 16.3 Å². The number of benzene rings is 3. The Kier molecular flexibility index (Phi) is 3.16. The third-order valence-electron chi connectivity index (χ3n) is 3.43. The van der Waals surface area contributed by atoms with Crippen LogP contribution < -0.4 is 0 Å². The molecule has 0 heterocycles. The van der Waals surface area contributed by atoms with Crippen LogP contribution in [-0.2, 0) is 0 Å². The maximum atomic E-state index is 2.26. The van der Waals surface area contributed by atoms with E-state index in [1.807, 2.05) is 0 Å². The predicted octanol–water partition coefficient (Wildman–Crippen LogP) is 5.29. The summed E-state index contributed by atoms with van der Waals surface area (Å²) in [4.78, 5) is 0. The van der Waals surface area contributed by atoms with Gasteiger partial charge in [0.2, 0.25) is 0 Å². The third kappa shape index (κ3) is 2.30. The molecule has 0 saturated heterocycles. The smallest absolute Gasteiger partial charge is 0.0154 e. The summed E-state index contributed by atoms with van der Waals surface area (Å²) in [5.74, 6) is 0. The summed E-state index contributed by atoms with van der Waals surface area (Å²) in [6.45, 7) is 2.09. The Morgan fingerprint density at radius 2 is 1.37 bits per heavy atom. The van der Waals surface area contributed by atoms with Gasteiger partial charge in [-0.15, -0.1) is 0 Å². The molecule has 0 unspecified atom stereocenters. The van der Waals surface area contributed by atoms with Crippen LogP contribution in [0.15, 0.2) is 78.9 Å². The highest BCUT2D eigenvalue weighted by Gasteiger charge is 2.04. The minimum Gasteiger partial charge on any atom is -0.0792 e. The minimum atomic E-state index is 1.26. The molecule has 0 heteroatoms. The molecule has 0 amide bonds. The average molecular weight is 244 g/mol. The van der Waals surface area contributed by atoms with Crippen LogP contribution in [0.4, 0.5) is 0 Å². The van der Waals surface area contributed by atoms with E-state index in [4.69, 9.17) is 0 Å². The topological polar surface area (TPSA) is 0 Å². The molecule has 0 bridgehead atoms. The first-order valence-electron chi connectivity index (χ1n) is 6.59. The van der Waals surface area contributed by atoms with Gasteiger partial charge in [-0.3, -0.25) is 0 Å². The quantitative estimate of drug-likeness (QED) is 0.574. The highest BCUT2D eigenvalue weighted by molar-refractivity contribution is 5.89. The van der Waals surface area contributed by atoms with Gasteiger partial charge in [0.1, 0.15) is 0 Å². The Hall–Kier alpha value is -2.34. The van der Waals surface area contributed by atoms with Crippen molar-refractivity contribution in [1.29, 1.82) is 0 Å². The van der Waals surface area contributed by atoms with Gasteiger partial charge in [-0.1, -0.05) is 72.8 Å². The van der Waals surface area contributed by atoms with Crippen LogP contribution in [0.2, 0.25) is 0 Å². The summed E-state index contributed by atoms with van der Waals surface area (Å²) in [6, 6.07) is 25.7. The lowest BCUT2D eigenvalue weighted by Gasteiger charge is -2.09. The van der Waals surface area contributed by atoms with Crippen molar-refractivity contribution in [3.05, 3.63) is 90.0 Å². The zero-order chi connectivity index (χ0) is 13.1. The molecule has 19 heavy (non-hydrogen) atoms. The molecule has 0 aliphatic carbocycles. The average Bonchev–Trinajstić information content (AvgIpc) is 2.49. The van der Waals surface area contributed by atoms with Gasteiger partial charge < -0.3 is 0 Å². The fourth-order valence-corrected chi connectivity index (χ4v) is 2.47. The van der Waals surface area contributed by atoms with Crippen molar-refractivity contribution >= 4 is 16.3 Å².